The normalized spacial score (nSPS) is 9.88. The van der Waals surface area contributed by atoms with Crippen molar-refractivity contribution in [1.29, 1.82) is 0 Å². The van der Waals surface area contributed by atoms with Gasteiger partial charge in [0.15, 0.2) is 5.69 Å². The maximum absolute atomic E-state index is 11.7. The molecule has 1 heterocycles. The Morgan fingerprint density at radius 2 is 1.76 bits per heavy atom. The Labute approximate surface area is 98.8 Å². The zero-order chi connectivity index (χ0) is 13.2. The van der Waals surface area contributed by atoms with Gasteiger partial charge in [-0.1, -0.05) is 6.58 Å². The predicted octanol–water partition coefficient (Wildman–Crippen LogP) is 1.03. The molecule has 0 atom stereocenters. The summed E-state index contributed by atoms with van der Waals surface area (Å²) in [4.78, 5) is 23.2. The van der Waals surface area contributed by atoms with E-state index in [2.05, 4.69) is 21.2 Å². The fourth-order valence-electron chi connectivity index (χ4n) is 1.55. The van der Waals surface area contributed by atoms with E-state index < -0.39 is 11.9 Å². The highest BCUT2D eigenvalue weighted by molar-refractivity contribution is 6.04. The molecule has 92 valence electrons. The van der Waals surface area contributed by atoms with Gasteiger partial charge in [0.05, 0.1) is 19.9 Å². The summed E-state index contributed by atoms with van der Waals surface area (Å²) in [6.07, 6.45) is 0. The number of hydrogen-bond donors (Lipinski definition) is 0. The maximum atomic E-state index is 11.7. The van der Waals surface area contributed by atoms with E-state index in [0.29, 0.717) is 11.3 Å². The number of carbonyl (C=O) groups is 2. The average molecular weight is 238 g/mol. The smallest absolute Gasteiger partial charge is 0.359 e. The summed E-state index contributed by atoms with van der Waals surface area (Å²) in [5.74, 6) is -1.33. The van der Waals surface area contributed by atoms with E-state index in [-0.39, 0.29) is 11.3 Å². The molecule has 1 aromatic heterocycles. The lowest BCUT2D eigenvalue weighted by molar-refractivity contribution is 0.0551. The molecule has 0 radical (unpaired) electrons. The van der Waals surface area contributed by atoms with E-state index in [0.717, 1.165) is 0 Å². The monoisotopic (exact) mass is 238 g/mol. The van der Waals surface area contributed by atoms with Crippen molar-refractivity contribution in [1.82, 2.24) is 9.78 Å². The van der Waals surface area contributed by atoms with Gasteiger partial charge in [-0.2, -0.15) is 5.10 Å². The minimum absolute atomic E-state index is 0.0696. The van der Waals surface area contributed by atoms with Crippen LogP contribution in [0, 0.1) is 0 Å². The second kappa shape index (κ2) is 4.82. The molecule has 0 fully saturated rings. The molecule has 0 bridgehead atoms. The summed E-state index contributed by atoms with van der Waals surface area (Å²) in [5, 5.41) is 3.95. The van der Waals surface area contributed by atoms with Gasteiger partial charge < -0.3 is 9.47 Å². The summed E-state index contributed by atoms with van der Waals surface area (Å²) < 4.78 is 10.6. The van der Waals surface area contributed by atoms with Crippen molar-refractivity contribution >= 4 is 17.5 Å². The highest BCUT2D eigenvalue weighted by atomic mass is 16.5. The van der Waals surface area contributed by atoms with Crippen LogP contribution in [0.15, 0.2) is 6.58 Å². The Kier molecular flexibility index (Phi) is 3.67. The average Bonchev–Trinajstić information content (AvgIpc) is 2.64. The first-order valence-electron chi connectivity index (χ1n) is 4.83. The van der Waals surface area contributed by atoms with Gasteiger partial charge in [0.1, 0.15) is 5.56 Å². The molecule has 0 saturated heterocycles. The van der Waals surface area contributed by atoms with E-state index in [9.17, 15) is 9.59 Å². The van der Waals surface area contributed by atoms with Crippen LogP contribution in [0.5, 0.6) is 0 Å². The molecule has 6 nitrogen and oxygen atoms in total. The number of esters is 2. The van der Waals surface area contributed by atoms with Crippen molar-refractivity contribution in [3.8, 4) is 0 Å². The van der Waals surface area contributed by atoms with Crippen LogP contribution >= 0.6 is 0 Å². The van der Waals surface area contributed by atoms with Crippen LogP contribution in [-0.4, -0.2) is 35.9 Å². The third-order valence-corrected chi connectivity index (χ3v) is 2.22. The largest absolute Gasteiger partial charge is 0.465 e. The molecular formula is C11H14N2O4. The van der Waals surface area contributed by atoms with Crippen LogP contribution < -0.4 is 0 Å². The quantitative estimate of drug-likeness (QED) is 0.735. The topological polar surface area (TPSA) is 70.4 Å². The summed E-state index contributed by atoms with van der Waals surface area (Å²) in [7, 11) is 4.07. The zero-order valence-corrected chi connectivity index (χ0v) is 10.2. The van der Waals surface area contributed by atoms with Gasteiger partial charge in [-0.15, -0.1) is 0 Å². The van der Waals surface area contributed by atoms with E-state index in [4.69, 9.17) is 0 Å². The lowest BCUT2D eigenvalue weighted by Crippen LogP contribution is -2.11. The standard InChI is InChI=1S/C11H14N2O4/c1-6(2)9-7(10(14)16-4)8(11(15)17-5)12-13(9)3/h1H2,2-5H3. The highest BCUT2D eigenvalue weighted by Gasteiger charge is 2.28. The third-order valence-electron chi connectivity index (χ3n) is 2.22. The molecule has 0 aromatic carbocycles. The fraction of sp³-hybridized carbons (Fsp3) is 0.364. The van der Waals surface area contributed by atoms with Gasteiger partial charge in [0.25, 0.3) is 0 Å². The Bertz CT molecular complexity index is 488. The summed E-state index contributed by atoms with van der Waals surface area (Å²) in [6.45, 7) is 5.45. The Morgan fingerprint density at radius 1 is 1.24 bits per heavy atom. The van der Waals surface area contributed by atoms with Crippen LogP contribution in [0.25, 0.3) is 5.57 Å². The van der Waals surface area contributed by atoms with Gasteiger partial charge in [-0.3, -0.25) is 4.68 Å². The maximum Gasteiger partial charge on any atom is 0.359 e. The van der Waals surface area contributed by atoms with Crippen LogP contribution in [0.1, 0.15) is 33.5 Å². The first-order chi connectivity index (χ1) is 7.93. The van der Waals surface area contributed by atoms with E-state index in [1.165, 1.54) is 18.9 Å². The van der Waals surface area contributed by atoms with E-state index in [1.54, 1.807) is 14.0 Å². The fourth-order valence-corrected chi connectivity index (χ4v) is 1.55. The van der Waals surface area contributed by atoms with Crippen LogP contribution in [0.2, 0.25) is 0 Å². The van der Waals surface area contributed by atoms with E-state index >= 15 is 0 Å². The number of hydrogen-bond acceptors (Lipinski definition) is 5. The Hall–Kier alpha value is -2.11. The molecule has 17 heavy (non-hydrogen) atoms. The molecule has 1 rings (SSSR count). The zero-order valence-electron chi connectivity index (χ0n) is 10.2. The van der Waals surface area contributed by atoms with Gasteiger partial charge >= 0.3 is 11.9 Å². The SMILES string of the molecule is C=C(C)c1c(C(=O)OC)c(C(=O)OC)nn1C. The first kappa shape index (κ1) is 13.0. The predicted molar refractivity (Wildman–Crippen MR) is 60.6 cm³/mol. The van der Waals surface area contributed by atoms with Crippen molar-refractivity contribution in [2.45, 2.75) is 6.92 Å². The second-order valence-corrected chi connectivity index (χ2v) is 3.46. The number of aromatic nitrogens is 2. The van der Waals surface area contributed by atoms with Gasteiger partial charge in [-0.05, 0) is 12.5 Å². The first-order valence-corrected chi connectivity index (χ1v) is 4.83. The lowest BCUT2D eigenvalue weighted by atomic mass is 10.1. The molecule has 0 unspecified atom stereocenters. The molecule has 1 aromatic rings. The van der Waals surface area contributed by atoms with Crippen molar-refractivity contribution in [2.75, 3.05) is 14.2 Å². The minimum Gasteiger partial charge on any atom is -0.465 e. The number of methoxy groups -OCH3 is 2. The molecule has 0 N–H and O–H groups in total. The summed E-state index contributed by atoms with van der Waals surface area (Å²) in [5.41, 5.74) is 1.07. The number of aryl methyl sites for hydroxylation is 1. The number of carbonyl (C=O) groups excluding carboxylic acids is 2. The van der Waals surface area contributed by atoms with Crippen molar-refractivity contribution in [2.24, 2.45) is 7.05 Å². The van der Waals surface area contributed by atoms with Crippen molar-refractivity contribution < 1.29 is 19.1 Å². The van der Waals surface area contributed by atoms with Crippen LogP contribution in [0.3, 0.4) is 0 Å². The van der Waals surface area contributed by atoms with Crippen molar-refractivity contribution in [3.05, 3.63) is 23.5 Å². The highest BCUT2D eigenvalue weighted by Crippen LogP contribution is 2.22. The molecule has 0 spiro atoms. The summed E-state index contributed by atoms with van der Waals surface area (Å²) >= 11 is 0. The molecule has 0 aliphatic carbocycles. The van der Waals surface area contributed by atoms with Gasteiger partial charge in [0.2, 0.25) is 0 Å². The molecular weight excluding hydrogens is 224 g/mol. The molecule has 6 heteroatoms. The molecule has 0 saturated carbocycles. The third kappa shape index (κ3) is 2.20. The number of rotatable bonds is 3. The second-order valence-electron chi connectivity index (χ2n) is 3.46. The van der Waals surface area contributed by atoms with E-state index in [1.807, 2.05) is 0 Å². The van der Waals surface area contributed by atoms with Gasteiger partial charge in [0, 0.05) is 7.05 Å². The number of allylic oxidation sites excluding steroid dienone is 1. The minimum atomic E-state index is -0.687. The van der Waals surface area contributed by atoms with Crippen LogP contribution in [0.4, 0.5) is 0 Å². The van der Waals surface area contributed by atoms with Crippen molar-refractivity contribution in [3.63, 3.8) is 0 Å². The molecule has 0 aliphatic rings. The Morgan fingerprint density at radius 3 is 2.18 bits per heavy atom. The molecule has 0 amide bonds. The number of nitrogens with zero attached hydrogens (tertiary/aromatic N) is 2. The molecule has 0 aliphatic heterocycles. The Balaban J connectivity index is 3.52. The lowest BCUT2D eigenvalue weighted by Gasteiger charge is -2.04. The number of ether oxygens (including phenoxy) is 2. The summed E-state index contributed by atoms with van der Waals surface area (Å²) in [6, 6.07) is 0. The van der Waals surface area contributed by atoms with Crippen LogP contribution in [-0.2, 0) is 16.5 Å². The van der Waals surface area contributed by atoms with Gasteiger partial charge in [-0.25, -0.2) is 9.59 Å².